The van der Waals surface area contributed by atoms with Crippen molar-refractivity contribution in [2.24, 2.45) is 0 Å². The summed E-state index contributed by atoms with van der Waals surface area (Å²) >= 11 is 0. The fraction of sp³-hybridized carbons (Fsp3) is 1.00. The highest BCUT2D eigenvalue weighted by Gasteiger charge is 2.30. The number of hydrogen-bond acceptors (Lipinski definition) is 5. The fourth-order valence-corrected chi connectivity index (χ4v) is 4.01. The van der Waals surface area contributed by atoms with E-state index in [0.717, 1.165) is 45.1 Å². The summed E-state index contributed by atoms with van der Waals surface area (Å²) in [6.45, 7) is 4.78. The van der Waals surface area contributed by atoms with Crippen LogP contribution >= 0.6 is 0 Å². The lowest BCUT2D eigenvalue weighted by Gasteiger charge is -2.34. The van der Waals surface area contributed by atoms with E-state index >= 15 is 0 Å². The molecule has 0 aromatic carbocycles. The van der Waals surface area contributed by atoms with Crippen LogP contribution in [0, 0.1) is 0 Å². The quantitative estimate of drug-likeness (QED) is 0.739. The van der Waals surface area contributed by atoms with Crippen molar-refractivity contribution >= 4 is 10.0 Å². The minimum Gasteiger partial charge on any atom is -0.372 e. The molecule has 122 valence electrons. The normalized spacial score (nSPS) is 32.6. The molecule has 1 aliphatic carbocycles. The van der Waals surface area contributed by atoms with Crippen molar-refractivity contribution in [2.75, 3.05) is 45.5 Å². The van der Waals surface area contributed by atoms with Gasteiger partial charge in [-0.3, -0.25) is 4.90 Å². The lowest BCUT2D eigenvalue weighted by molar-refractivity contribution is 0.0177. The van der Waals surface area contributed by atoms with Crippen molar-refractivity contribution in [3.05, 3.63) is 0 Å². The third kappa shape index (κ3) is 4.63. The average molecular weight is 317 g/mol. The Labute approximate surface area is 127 Å². The van der Waals surface area contributed by atoms with Crippen LogP contribution in [0.1, 0.15) is 25.7 Å². The summed E-state index contributed by atoms with van der Waals surface area (Å²) in [7, 11) is -3.03. The van der Waals surface area contributed by atoms with E-state index in [1.54, 1.807) is 4.31 Å². The third-order valence-corrected chi connectivity index (χ3v) is 5.97. The molecule has 2 atom stereocenters. The van der Waals surface area contributed by atoms with Crippen molar-refractivity contribution in [3.8, 4) is 0 Å². The number of hydrogen-bond donors (Lipinski definition) is 1. The van der Waals surface area contributed by atoms with E-state index in [1.807, 2.05) is 0 Å². The molecule has 1 N–H and O–H groups in total. The summed E-state index contributed by atoms with van der Waals surface area (Å²) in [5.74, 6) is 0. The van der Waals surface area contributed by atoms with Crippen molar-refractivity contribution < 1.29 is 13.2 Å². The number of nitrogens with zero attached hydrogens (tertiary/aromatic N) is 2. The standard InChI is InChI=1S/C14H27N3O3S/c1-21(18,19)17-8-6-16(7-9-17)11-14-5-4-13(20-14)10-15-12-2-3-12/h12-15H,2-11H2,1H3. The summed E-state index contributed by atoms with van der Waals surface area (Å²) in [6, 6.07) is 0.747. The molecule has 0 amide bonds. The van der Waals surface area contributed by atoms with E-state index in [1.165, 1.54) is 19.1 Å². The van der Waals surface area contributed by atoms with Crippen LogP contribution < -0.4 is 5.32 Å². The Bertz CT molecular complexity index is 444. The summed E-state index contributed by atoms with van der Waals surface area (Å²) in [4.78, 5) is 2.34. The topological polar surface area (TPSA) is 61.9 Å². The van der Waals surface area contributed by atoms with Crippen molar-refractivity contribution in [3.63, 3.8) is 0 Å². The highest BCUT2D eigenvalue weighted by molar-refractivity contribution is 7.88. The largest absolute Gasteiger partial charge is 0.372 e. The van der Waals surface area contributed by atoms with Gasteiger partial charge >= 0.3 is 0 Å². The molecular formula is C14H27N3O3S. The lowest BCUT2D eigenvalue weighted by atomic mass is 10.2. The van der Waals surface area contributed by atoms with Crippen LogP contribution in [0.4, 0.5) is 0 Å². The maximum atomic E-state index is 11.5. The molecule has 6 nitrogen and oxygen atoms in total. The number of sulfonamides is 1. The zero-order valence-electron chi connectivity index (χ0n) is 12.8. The average Bonchev–Trinajstić information content (AvgIpc) is 3.16. The molecule has 0 radical (unpaired) electrons. The van der Waals surface area contributed by atoms with Gasteiger partial charge in [0.25, 0.3) is 0 Å². The molecule has 21 heavy (non-hydrogen) atoms. The number of piperazine rings is 1. The predicted octanol–water partition coefficient (Wildman–Crippen LogP) is -0.137. The first-order valence-electron chi connectivity index (χ1n) is 8.07. The molecule has 3 fully saturated rings. The second kappa shape index (κ2) is 6.50. The Morgan fingerprint density at radius 1 is 1.05 bits per heavy atom. The first-order valence-corrected chi connectivity index (χ1v) is 9.92. The molecule has 2 unspecified atom stereocenters. The first-order chi connectivity index (χ1) is 10.0. The lowest BCUT2D eigenvalue weighted by Crippen LogP contribution is -2.50. The Kier molecular flexibility index (Phi) is 4.85. The van der Waals surface area contributed by atoms with Crippen LogP contribution in [0.15, 0.2) is 0 Å². The first kappa shape index (κ1) is 15.7. The van der Waals surface area contributed by atoms with Gasteiger partial charge in [0.05, 0.1) is 18.5 Å². The molecule has 0 bridgehead atoms. The van der Waals surface area contributed by atoms with E-state index in [4.69, 9.17) is 4.74 Å². The van der Waals surface area contributed by atoms with Gasteiger partial charge in [-0.1, -0.05) is 0 Å². The molecule has 2 saturated heterocycles. The molecule has 0 aromatic rings. The van der Waals surface area contributed by atoms with Crippen LogP contribution in [-0.4, -0.2) is 81.4 Å². The summed E-state index contributed by atoms with van der Waals surface area (Å²) in [5, 5.41) is 3.53. The van der Waals surface area contributed by atoms with Crippen LogP contribution in [0.5, 0.6) is 0 Å². The van der Waals surface area contributed by atoms with Gasteiger partial charge in [-0.25, -0.2) is 8.42 Å². The number of ether oxygens (including phenoxy) is 1. The van der Waals surface area contributed by atoms with Crippen molar-refractivity contribution in [1.82, 2.24) is 14.5 Å². The second-order valence-electron chi connectivity index (χ2n) is 6.60. The highest BCUT2D eigenvalue weighted by atomic mass is 32.2. The van der Waals surface area contributed by atoms with E-state index in [9.17, 15) is 8.42 Å². The Balaban J connectivity index is 1.36. The van der Waals surface area contributed by atoms with Gasteiger partial charge in [-0.2, -0.15) is 4.31 Å². The van der Waals surface area contributed by atoms with Crippen LogP contribution in [-0.2, 0) is 14.8 Å². The van der Waals surface area contributed by atoms with Gasteiger partial charge in [0.15, 0.2) is 0 Å². The van der Waals surface area contributed by atoms with Crippen LogP contribution in [0.2, 0.25) is 0 Å². The van der Waals surface area contributed by atoms with Crippen molar-refractivity contribution in [1.29, 1.82) is 0 Å². The van der Waals surface area contributed by atoms with Gasteiger partial charge in [0.1, 0.15) is 0 Å². The molecule has 3 rings (SSSR count). The monoisotopic (exact) mass is 317 g/mol. The minimum atomic E-state index is -3.03. The molecule has 7 heteroatoms. The zero-order valence-corrected chi connectivity index (χ0v) is 13.6. The summed E-state index contributed by atoms with van der Waals surface area (Å²) < 4.78 is 30.6. The Morgan fingerprint density at radius 3 is 2.33 bits per heavy atom. The summed E-state index contributed by atoms with van der Waals surface area (Å²) in [6.07, 6.45) is 6.90. The highest BCUT2D eigenvalue weighted by Crippen LogP contribution is 2.23. The van der Waals surface area contributed by atoms with E-state index < -0.39 is 10.0 Å². The number of nitrogens with one attached hydrogen (secondary N) is 1. The van der Waals surface area contributed by atoms with Gasteiger partial charge < -0.3 is 10.1 Å². The molecule has 1 saturated carbocycles. The maximum Gasteiger partial charge on any atom is 0.211 e. The minimum absolute atomic E-state index is 0.320. The molecule has 2 aliphatic heterocycles. The van der Waals surface area contributed by atoms with Crippen LogP contribution in [0.3, 0.4) is 0 Å². The Hall–Kier alpha value is -0.210. The van der Waals surface area contributed by atoms with Gasteiger partial charge in [0.2, 0.25) is 10.0 Å². The predicted molar refractivity (Wildman–Crippen MR) is 81.8 cm³/mol. The van der Waals surface area contributed by atoms with Crippen molar-refractivity contribution in [2.45, 2.75) is 43.9 Å². The third-order valence-electron chi connectivity index (χ3n) is 4.67. The SMILES string of the molecule is CS(=O)(=O)N1CCN(CC2CCC(CNC3CC3)O2)CC1. The van der Waals surface area contributed by atoms with Gasteiger partial charge in [-0.05, 0) is 25.7 Å². The smallest absolute Gasteiger partial charge is 0.211 e. The molecule has 0 aromatic heterocycles. The van der Waals surface area contributed by atoms with Gasteiger partial charge in [0, 0.05) is 45.3 Å². The second-order valence-corrected chi connectivity index (χ2v) is 8.59. The maximum absolute atomic E-state index is 11.5. The molecule has 0 spiro atoms. The molecular weight excluding hydrogens is 290 g/mol. The van der Waals surface area contributed by atoms with Crippen LogP contribution in [0.25, 0.3) is 0 Å². The zero-order chi connectivity index (χ0) is 14.9. The molecule has 2 heterocycles. The fourth-order valence-electron chi connectivity index (χ4n) is 3.18. The summed E-state index contributed by atoms with van der Waals surface area (Å²) in [5.41, 5.74) is 0. The molecule has 3 aliphatic rings. The van der Waals surface area contributed by atoms with E-state index in [-0.39, 0.29) is 0 Å². The van der Waals surface area contributed by atoms with E-state index in [0.29, 0.717) is 25.3 Å². The number of rotatable bonds is 6. The van der Waals surface area contributed by atoms with Gasteiger partial charge in [-0.15, -0.1) is 0 Å². The Morgan fingerprint density at radius 2 is 1.71 bits per heavy atom. The van der Waals surface area contributed by atoms with E-state index in [2.05, 4.69) is 10.2 Å².